The maximum Gasteiger partial charge on any atom is 0.134 e. The third-order valence-corrected chi connectivity index (χ3v) is 3.34. The number of nitrogens with one attached hydrogen (secondary N) is 2. The second kappa shape index (κ2) is 5.63. The highest BCUT2D eigenvalue weighted by Gasteiger charge is 2.04. The van der Waals surface area contributed by atoms with Crippen molar-refractivity contribution in [3.63, 3.8) is 0 Å². The molecule has 2 aromatic rings. The molecule has 5 heteroatoms. The highest BCUT2D eigenvalue weighted by molar-refractivity contribution is 7.07. The van der Waals surface area contributed by atoms with Crippen molar-refractivity contribution in [2.45, 2.75) is 13.3 Å². The SMILES string of the molecule is CNc1ncnc(NCCc2ccsc2)c1C. The van der Waals surface area contributed by atoms with E-state index in [-0.39, 0.29) is 0 Å². The average molecular weight is 248 g/mol. The van der Waals surface area contributed by atoms with E-state index >= 15 is 0 Å². The molecule has 0 atom stereocenters. The second-order valence-corrected chi connectivity index (χ2v) is 4.53. The molecule has 90 valence electrons. The molecular weight excluding hydrogens is 232 g/mol. The van der Waals surface area contributed by atoms with Crippen LogP contribution < -0.4 is 10.6 Å². The van der Waals surface area contributed by atoms with Crippen molar-refractivity contribution in [3.8, 4) is 0 Å². The van der Waals surface area contributed by atoms with Crippen molar-refractivity contribution in [2.24, 2.45) is 0 Å². The molecule has 0 fully saturated rings. The lowest BCUT2D eigenvalue weighted by Crippen LogP contribution is -2.09. The lowest BCUT2D eigenvalue weighted by molar-refractivity contribution is 0.996. The molecule has 0 aliphatic carbocycles. The summed E-state index contributed by atoms with van der Waals surface area (Å²) >= 11 is 1.73. The molecule has 4 nitrogen and oxygen atoms in total. The van der Waals surface area contributed by atoms with Gasteiger partial charge in [-0.1, -0.05) is 0 Å². The zero-order valence-corrected chi connectivity index (χ0v) is 10.8. The van der Waals surface area contributed by atoms with Crippen LogP contribution in [0.25, 0.3) is 0 Å². The van der Waals surface area contributed by atoms with Gasteiger partial charge in [0.05, 0.1) is 0 Å². The van der Waals surface area contributed by atoms with Crippen LogP contribution in [0, 0.1) is 6.92 Å². The van der Waals surface area contributed by atoms with E-state index in [1.54, 1.807) is 17.7 Å². The maximum atomic E-state index is 4.25. The summed E-state index contributed by atoms with van der Waals surface area (Å²) in [4.78, 5) is 8.40. The molecule has 2 aromatic heterocycles. The molecule has 0 unspecified atom stereocenters. The van der Waals surface area contributed by atoms with E-state index in [1.165, 1.54) is 5.56 Å². The molecule has 0 saturated carbocycles. The largest absolute Gasteiger partial charge is 0.373 e. The van der Waals surface area contributed by atoms with Crippen LogP contribution >= 0.6 is 11.3 Å². The van der Waals surface area contributed by atoms with Crippen LogP contribution in [0.1, 0.15) is 11.1 Å². The Hall–Kier alpha value is -1.62. The van der Waals surface area contributed by atoms with Crippen LogP contribution in [0.4, 0.5) is 11.6 Å². The topological polar surface area (TPSA) is 49.8 Å². The van der Waals surface area contributed by atoms with Gasteiger partial charge in [0.15, 0.2) is 0 Å². The molecule has 2 rings (SSSR count). The zero-order chi connectivity index (χ0) is 12.1. The van der Waals surface area contributed by atoms with E-state index in [0.717, 1.165) is 30.2 Å². The Balaban J connectivity index is 1.95. The molecule has 0 aliphatic rings. The highest BCUT2D eigenvalue weighted by atomic mass is 32.1. The van der Waals surface area contributed by atoms with E-state index in [1.807, 2.05) is 14.0 Å². The fraction of sp³-hybridized carbons (Fsp3) is 0.333. The fourth-order valence-electron chi connectivity index (χ4n) is 1.64. The van der Waals surface area contributed by atoms with Gasteiger partial charge in [-0.15, -0.1) is 0 Å². The molecule has 0 radical (unpaired) electrons. The predicted molar refractivity (Wildman–Crippen MR) is 72.8 cm³/mol. The first-order valence-electron chi connectivity index (χ1n) is 5.55. The van der Waals surface area contributed by atoms with E-state index in [9.17, 15) is 0 Å². The van der Waals surface area contributed by atoms with Crippen LogP contribution in [0.15, 0.2) is 23.2 Å². The fourth-order valence-corrected chi connectivity index (χ4v) is 2.34. The van der Waals surface area contributed by atoms with E-state index in [2.05, 4.69) is 37.4 Å². The van der Waals surface area contributed by atoms with Crippen LogP contribution in [0.5, 0.6) is 0 Å². The Kier molecular flexibility index (Phi) is 3.93. The predicted octanol–water partition coefficient (Wildman–Crippen LogP) is 2.54. The summed E-state index contributed by atoms with van der Waals surface area (Å²) in [6.07, 6.45) is 2.59. The van der Waals surface area contributed by atoms with E-state index < -0.39 is 0 Å². The smallest absolute Gasteiger partial charge is 0.134 e. The van der Waals surface area contributed by atoms with Gasteiger partial charge in [0.1, 0.15) is 18.0 Å². The summed E-state index contributed by atoms with van der Waals surface area (Å²) in [7, 11) is 1.87. The number of hydrogen-bond acceptors (Lipinski definition) is 5. The molecular formula is C12H16N4S. The summed E-state index contributed by atoms with van der Waals surface area (Å²) in [5.74, 6) is 1.78. The number of aromatic nitrogens is 2. The van der Waals surface area contributed by atoms with Crippen LogP contribution in [0.2, 0.25) is 0 Å². The minimum atomic E-state index is 0.873. The Morgan fingerprint density at radius 1 is 1.29 bits per heavy atom. The third kappa shape index (κ3) is 2.94. The molecule has 0 saturated heterocycles. The first kappa shape index (κ1) is 11.9. The molecule has 0 amide bonds. The molecule has 2 heterocycles. The summed E-state index contributed by atoms with van der Waals surface area (Å²) in [5, 5.41) is 10.7. The Morgan fingerprint density at radius 2 is 2.12 bits per heavy atom. The molecule has 0 aliphatic heterocycles. The van der Waals surface area contributed by atoms with Crippen molar-refractivity contribution in [2.75, 3.05) is 24.2 Å². The Bertz CT molecular complexity index is 467. The quantitative estimate of drug-likeness (QED) is 0.853. The van der Waals surface area contributed by atoms with Crippen LogP contribution in [-0.2, 0) is 6.42 Å². The van der Waals surface area contributed by atoms with E-state index in [0.29, 0.717) is 0 Å². The number of rotatable bonds is 5. The Morgan fingerprint density at radius 3 is 2.82 bits per heavy atom. The molecule has 17 heavy (non-hydrogen) atoms. The standard InChI is InChI=1S/C12H16N4S/c1-9-11(13-2)15-8-16-12(9)14-5-3-10-4-6-17-7-10/h4,6-8H,3,5H2,1-2H3,(H2,13,14,15,16). The second-order valence-electron chi connectivity index (χ2n) is 3.75. The first-order valence-corrected chi connectivity index (χ1v) is 6.50. The number of nitrogens with zero attached hydrogens (tertiary/aromatic N) is 2. The maximum absolute atomic E-state index is 4.25. The Labute approximate surface area is 105 Å². The van der Waals surface area contributed by atoms with Crippen LogP contribution in [-0.4, -0.2) is 23.6 Å². The van der Waals surface area contributed by atoms with Crippen LogP contribution in [0.3, 0.4) is 0 Å². The van der Waals surface area contributed by atoms with Crippen molar-refractivity contribution in [1.29, 1.82) is 0 Å². The summed E-state index contributed by atoms with van der Waals surface area (Å²) in [6.45, 7) is 2.90. The number of hydrogen-bond donors (Lipinski definition) is 2. The first-order chi connectivity index (χ1) is 8.31. The lowest BCUT2D eigenvalue weighted by Gasteiger charge is -2.10. The number of thiophene rings is 1. The van der Waals surface area contributed by atoms with Gasteiger partial charge in [-0.2, -0.15) is 11.3 Å². The monoisotopic (exact) mass is 248 g/mol. The average Bonchev–Trinajstić information content (AvgIpc) is 2.84. The van der Waals surface area contributed by atoms with Gasteiger partial charge < -0.3 is 10.6 Å². The lowest BCUT2D eigenvalue weighted by atomic mass is 10.2. The minimum Gasteiger partial charge on any atom is -0.373 e. The van der Waals surface area contributed by atoms with Gasteiger partial charge in [-0.05, 0) is 35.7 Å². The normalized spacial score (nSPS) is 10.2. The van der Waals surface area contributed by atoms with Crippen molar-refractivity contribution in [3.05, 3.63) is 34.3 Å². The van der Waals surface area contributed by atoms with Gasteiger partial charge >= 0.3 is 0 Å². The van der Waals surface area contributed by atoms with Gasteiger partial charge in [0.2, 0.25) is 0 Å². The van der Waals surface area contributed by atoms with Crippen molar-refractivity contribution in [1.82, 2.24) is 9.97 Å². The minimum absolute atomic E-state index is 0.873. The molecule has 0 aromatic carbocycles. The summed E-state index contributed by atoms with van der Waals surface area (Å²) in [6, 6.07) is 2.15. The van der Waals surface area contributed by atoms with E-state index in [4.69, 9.17) is 0 Å². The highest BCUT2D eigenvalue weighted by Crippen LogP contribution is 2.17. The molecule has 0 spiro atoms. The third-order valence-electron chi connectivity index (χ3n) is 2.61. The zero-order valence-electron chi connectivity index (χ0n) is 10.0. The summed E-state index contributed by atoms with van der Waals surface area (Å²) < 4.78 is 0. The van der Waals surface area contributed by atoms with Crippen molar-refractivity contribution >= 4 is 23.0 Å². The summed E-state index contributed by atoms with van der Waals surface area (Å²) in [5.41, 5.74) is 2.42. The molecule has 2 N–H and O–H groups in total. The van der Waals surface area contributed by atoms with Gasteiger partial charge in [0, 0.05) is 19.2 Å². The van der Waals surface area contributed by atoms with Gasteiger partial charge in [-0.3, -0.25) is 0 Å². The number of anilines is 2. The van der Waals surface area contributed by atoms with Gasteiger partial charge in [0.25, 0.3) is 0 Å². The van der Waals surface area contributed by atoms with Crippen molar-refractivity contribution < 1.29 is 0 Å². The van der Waals surface area contributed by atoms with Gasteiger partial charge in [-0.25, -0.2) is 9.97 Å². The molecule has 0 bridgehead atoms.